The van der Waals surface area contributed by atoms with Crippen LogP contribution in [0.3, 0.4) is 0 Å². The van der Waals surface area contributed by atoms with Crippen LogP contribution < -0.4 is 5.32 Å². The van der Waals surface area contributed by atoms with Crippen LogP contribution in [0.25, 0.3) is 6.08 Å². The molecule has 9 heteroatoms. The van der Waals surface area contributed by atoms with Crippen LogP contribution in [0.2, 0.25) is 0 Å². The molecular formula is C16H15N3O5S. The zero-order valence-corrected chi connectivity index (χ0v) is 14.1. The second kappa shape index (κ2) is 8.69. The van der Waals surface area contributed by atoms with Crippen molar-refractivity contribution < 1.29 is 19.2 Å². The number of amides is 1. The summed E-state index contributed by atoms with van der Waals surface area (Å²) in [6.45, 7) is 2.03. The first-order valence-electron chi connectivity index (χ1n) is 7.31. The maximum atomic E-state index is 11.9. The normalized spacial score (nSPS) is 10.6. The molecule has 130 valence electrons. The molecule has 1 aromatic heterocycles. The van der Waals surface area contributed by atoms with Crippen LogP contribution in [-0.4, -0.2) is 28.4 Å². The SMILES string of the molecule is CCOC(=O)Cc1csc(NC(=O)/C=C/c2ccc([N+](=O)[O-])cc2)n1. The van der Waals surface area contributed by atoms with Crippen molar-refractivity contribution in [3.8, 4) is 0 Å². The fraction of sp³-hybridized carbons (Fsp3) is 0.188. The molecule has 0 saturated carbocycles. The third-order valence-electron chi connectivity index (χ3n) is 2.94. The predicted molar refractivity (Wildman–Crippen MR) is 93.2 cm³/mol. The summed E-state index contributed by atoms with van der Waals surface area (Å²) >= 11 is 1.21. The van der Waals surface area contributed by atoms with Crippen LogP contribution in [-0.2, 0) is 20.7 Å². The van der Waals surface area contributed by atoms with E-state index < -0.39 is 10.8 Å². The number of nitro groups is 1. The summed E-state index contributed by atoms with van der Waals surface area (Å²) < 4.78 is 4.83. The lowest BCUT2D eigenvalue weighted by atomic mass is 10.2. The molecule has 0 aliphatic heterocycles. The average Bonchev–Trinajstić information content (AvgIpc) is 3.00. The van der Waals surface area contributed by atoms with Gasteiger partial charge in [-0.3, -0.25) is 25.0 Å². The van der Waals surface area contributed by atoms with Gasteiger partial charge in [0.2, 0.25) is 5.91 Å². The third-order valence-corrected chi connectivity index (χ3v) is 3.75. The maximum Gasteiger partial charge on any atom is 0.311 e. The van der Waals surface area contributed by atoms with E-state index >= 15 is 0 Å². The van der Waals surface area contributed by atoms with Gasteiger partial charge in [-0.15, -0.1) is 11.3 Å². The number of ether oxygens (including phenoxy) is 1. The van der Waals surface area contributed by atoms with Crippen molar-refractivity contribution in [2.45, 2.75) is 13.3 Å². The molecule has 1 N–H and O–H groups in total. The van der Waals surface area contributed by atoms with E-state index in [0.717, 1.165) is 0 Å². The summed E-state index contributed by atoms with van der Waals surface area (Å²) in [4.78, 5) is 37.5. The van der Waals surface area contributed by atoms with Gasteiger partial charge in [-0.1, -0.05) is 0 Å². The molecule has 0 radical (unpaired) electrons. The van der Waals surface area contributed by atoms with Crippen LogP contribution in [0.15, 0.2) is 35.7 Å². The van der Waals surface area contributed by atoms with Gasteiger partial charge in [0.05, 0.1) is 23.6 Å². The van der Waals surface area contributed by atoms with Crippen molar-refractivity contribution in [2.75, 3.05) is 11.9 Å². The highest BCUT2D eigenvalue weighted by molar-refractivity contribution is 7.14. The van der Waals surface area contributed by atoms with Gasteiger partial charge in [0.25, 0.3) is 5.69 Å². The van der Waals surface area contributed by atoms with E-state index in [4.69, 9.17) is 4.74 Å². The van der Waals surface area contributed by atoms with Gasteiger partial charge in [0.15, 0.2) is 5.13 Å². The first-order valence-corrected chi connectivity index (χ1v) is 8.19. The number of rotatable bonds is 7. The Balaban J connectivity index is 1.90. The number of carbonyl (C=O) groups is 2. The van der Waals surface area contributed by atoms with E-state index in [2.05, 4.69) is 10.3 Å². The van der Waals surface area contributed by atoms with Crippen molar-refractivity contribution in [3.63, 3.8) is 0 Å². The Hall–Kier alpha value is -3.07. The zero-order valence-electron chi connectivity index (χ0n) is 13.3. The van der Waals surface area contributed by atoms with Crippen molar-refractivity contribution >= 4 is 40.1 Å². The highest BCUT2D eigenvalue weighted by Crippen LogP contribution is 2.17. The highest BCUT2D eigenvalue weighted by atomic mass is 32.1. The highest BCUT2D eigenvalue weighted by Gasteiger charge is 2.09. The van der Waals surface area contributed by atoms with E-state index in [1.165, 1.54) is 35.6 Å². The van der Waals surface area contributed by atoms with E-state index in [1.807, 2.05) is 0 Å². The monoisotopic (exact) mass is 361 g/mol. The Morgan fingerprint density at radius 2 is 2.08 bits per heavy atom. The fourth-order valence-corrected chi connectivity index (χ4v) is 2.54. The minimum absolute atomic E-state index is 0.0153. The molecule has 8 nitrogen and oxygen atoms in total. The molecule has 0 saturated heterocycles. The van der Waals surface area contributed by atoms with Gasteiger partial charge >= 0.3 is 5.97 Å². The van der Waals surface area contributed by atoms with Gasteiger partial charge in [-0.25, -0.2) is 4.98 Å². The maximum absolute atomic E-state index is 11.9. The van der Waals surface area contributed by atoms with Crippen LogP contribution in [0.5, 0.6) is 0 Å². The minimum atomic E-state index is -0.490. The number of nitrogens with zero attached hydrogens (tertiary/aromatic N) is 2. The molecule has 0 atom stereocenters. The molecule has 0 aliphatic carbocycles. The topological polar surface area (TPSA) is 111 Å². The van der Waals surface area contributed by atoms with Gasteiger partial charge in [0, 0.05) is 23.6 Å². The lowest BCUT2D eigenvalue weighted by molar-refractivity contribution is -0.384. The Labute approximate surface area is 147 Å². The summed E-state index contributed by atoms with van der Waals surface area (Å²) in [5, 5.41) is 15.2. The van der Waals surface area contributed by atoms with Gasteiger partial charge in [-0.2, -0.15) is 0 Å². The Kier molecular flexibility index (Phi) is 6.35. The lowest BCUT2D eigenvalue weighted by Crippen LogP contribution is -2.09. The first kappa shape index (κ1) is 18.3. The molecular weight excluding hydrogens is 346 g/mol. The summed E-state index contributed by atoms with van der Waals surface area (Å²) in [5.74, 6) is -0.765. The number of benzene rings is 1. The van der Waals surface area contributed by atoms with Crippen LogP contribution >= 0.6 is 11.3 Å². The smallest absolute Gasteiger partial charge is 0.311 e. The Morgan fingerprint density at radius 1 is 1.36 bits per heavy atom. The third kappa shape index (κ3) is 5.81. The molecule has 2 rings (SSSR count). The second-order valence-electron chi connectivity index (χ2n) is 4.80. The molecule has 0 unspecified atom stereocenters. The van der Waals surface area contributed by atoms with Crippen molar-refractivity contribution in [1.29, 1.82) is 0 Å². The molecule has 0 aliphatic rings. The average molecular weight is 361 g/mol. The zero-order chi connectivity index (χ0) is 18.2. The number of hydrogen-bond acceptors (Lipinski definition) is 7. The van der Waals surface area contributed by atoms with E-state index in [1.54, 1.807) is 24.4 Å². The predicted octanol–water partition coefficient (Wildman–Crippen LogP) is 2.81. The summed E-state index contributed by atoms with van der Waals surface area (Å²) in [5.41, 5.74) is 1.17. The van der Waals surface area contributed by atoms with E-state index in [-0.39, 0.29) is 18.1 Å². The molecule has 0 spiro atoms. The van der Waals surface area contributed by atoms with Gasteiger partial charge < -0.3 is 4.74 Å². The lowest BCUT2D eigenvalue weighted by Gasteiger charge is -1.98. The fourth-order valence-electron chi connectivity index (χ4n) is 1.83. The van der Waals surface area contributed by atoms with Gasteiger partial charge in [0.1, 0.15) is 0 Å². The molecule has 0 fully saturated rings. The van der Waals surface area contributed by atoms with Crippen LogP contribution in [0.4, 0.5) is 10.8 Å². The Bertz CT molecular complexity index is 798. The van der Waals surface area contributed by atoms with Crippen molar-refractivity contribution in [1.82, 2.24) is 4.98 Å². The summed E-state index contributed by atoms with van der Waals surface area (Å²) in [6, 6.07) is 5.81. The largest absolute Gasteiger partial charge is 0.466 e. The number of aromatic nitrogens is 1. The number of hydrogen-bond donors (Lipinski definition) is 1. The quantitative estimate of drug-likeness (QED) is 0.351. The number of nitrogens with one attached hydrogen (secondary N) is 1. The number of non-ortho nitro benzene ring substituents is 1. The minimum Gasteiger partial charge on any atom is -0.466 e. The Morgan fingerprint density at radius 3 is 2.72 bits per heavy atom. The molecule has 1 amide bonds. The number of thiazole rings is 1. The summed E-state index contributed by atoms with van der Waals surface area (Å²) in [7, 11) is 0. The number of esters is 1. The number of nitro benzene ring substituents is 1. The molecule has 0 bridgehead atoms. The van der Waals surface area contributed by atoms with Crippen molar-refractivity contribution in [3.05, 3.63) is 57.1 Å². The summed E-state index contributed by atoms with van der Waals surface area (Å²) in [6.07, 6.45) is 2.89. The molecule has 25 heavy (non-hydrogen) atoms. The van der Waals surface area contributed by atoms with Crippen molar-refractivity contribution in [2.24, 2.45) is 0 Å². The second-order valence-corrected chi connectivity index (χ2v) is 5.66. The van der Waals surface area contributed by atoms with Gasteiger partial charge in [-0.05, 0) is 30.7 Å². The molecule has 1 heterocycles. The van der Waals surface area contributed by atoms with E-state index in [0.29, 0.717) is 23.0 Å². The molecule has 1 aromatic carbocycles. The van der Waals surface area contributed by atoms with Crippen LogP contribution in [0.1, 0.15) is 18.2 Å². The van der Waals surface area contributed by atoms with Crippen LogP contribution in [0, 0.1) is 10.1 Å². The number of carbonyl (C=O) groups excluding carboxylic acids is 2. The van der Waals surface area contributed by atoms with E-state index in [9.17, 15) is 19.7 Å². The molecule has 2 aromatic rings. The first-order chi connectivity index (χ1) is 12.0. The standard InChI is InChI=1S/C16H15N3O5S/c1-2-24-15(21)9-12-10-25-16(17-12)18-14(20)8-5-11-3-6-13(7-4-11)19(22)23/h3-8,10H,2,9H2,1H3,(H,17,18,20)/b8-5+. The number of anilines is 1.